The fourth-order valence-corrected chi connectivity index (χ4v) is 5.98. The minimum atomic E-state index is -0.816. The lowest BCUT2D eigenvalue weighted by atomic mass is 9.93. The summed E-state index contributed by atoms with van der Waals surface area (Å²) < 4.78 is 12.9. The van der Waals surface area contributed by atoms with Crippen molar-refractivity contribution in [2.24, 2.45) is 4.99 Å². The Kier molecular flexibility index (Phi) is 6.55. The molecule has 1 aromatic heterocycles. The maximum Gasteiger partial charge on any atom is 0.338 e. The van der Waals surface area contributed by atoms with Crippen LogP contribution in [-0.2, 0) is 14.3 Å². The van der Waals surface area contributed by atoms with Crippen LogP contribution in [0.4, 0.5) is 5.69 Å². The Balaban J connectivity index is 1.87. The van der Waals surface area contributed by atoms with Crippen LogP contribution in [0.3, 0.4) is 0 Å². The molecule has 2 aromatic carbocycles. The maximum absolute atomic E-state index is 14.1. The van der Waals surface area contributed by atoms with Crippen molar-refractivity contribution in [3.63, 3.8) is 0 Å². The molecule has 5 rings (SSSR count). The molecule has 0 aliphatic carbocycles. The predicted octanol–water partition coefficient (Wildman–Crippen LogP) is 3.22. The molecule has 1 amide bonds. The minimum absolute atomic E-state index is 0.186. The molecule has 3 aromatic rings. The molecule has 9 heteroatoms. The van der Waals surface area contributed by atoms with Crippen LogP contribution >= 0.6 is 11.3 Å². The van der Waals surface area contributed by atoms with Gasteiger partial charge >= 0.3 is 5.97 Å². The van der Waals surface area contributed by atoms with E-state index >= 15 is 0 Å². The number of rotatable bonds is 6. The molecule has 8 nitrogen and oxygen atoms in total. The Morgan fingerprint density at radius 3 is 2.68 bits per heavy atom. The summed E-state index contributed by atoms with van der Waals surface area (Å²) >= 11 is 1.16. The number of methoxy groups -OCH3 is 1. The average Bonchev–Trinajstić information content (AvgIpc) is 3.38. The van der Waals surface area contributed by atoms with Gasteiger partial charge in [0.25, 0.3) is 11.5 Å². The normalized spacial score (nSPS) is 17.6. The Labute approximate surface area is 217 Å². The number of hydrogen-bond donors (Lipinski definition) is 1. The maximum atomic E-state index is 14.1. The predicted molar refractivity (Wildman–Crippen MR) is 141 cm³/mol. The Morgan fingerprint density at radius 2 is 1.95 bits per heavy atom. The molecule has 2 aliphatic rings. The van der Waals surface area contributed by atoms with Crippen LogP contribution in [0.15, 0.2) is 63.5 Å². The van der Waals surface area contributed by atoms with Crippen LogP contribution in [-0.4, -0.2) is 30.2 Å². The molecule has 1 N–H and O–H groups in total. The Hall–Kier alpha value is -3.98. The SMILES string of the molecule is CCCC1=C(C(=O)OCC)[C@H](c2ccccc2OC)n2c(s/c(=C3\C(=O)Nc4ccc(C)cc43)c2=O)=N1. The topological polar surface area (TPSA) is 99.0 Å². The summed E-state index contributed by atoms with van der Waals surface area (Å²) in [4.78, 5) is 45.7. The fraction of sp³-hybridized carbons (Fsp3) is 0.286. The van der Waals surface area contributed by atoms with Crippen molar-refractivity contribution in [1.29, 1.82) is 0 Å². The van der Waals surface area contributed by atoms with Crippen molar-refractivity contribution in [2.45, 2.75) is 39.7 Å². The first-order valence-electron chi connectivity index (χ1n) is 12.2. The molecule has 0 unspecified atom stereocenters. The third-order valence-corrected chi connectivity index (χ3v) is 7.50. The first kappa shape index (κ1) is 24.7. The van der Waals surface area contributed by atoms with E-state index in [0.29, 0.717) is 50.6 Å². The van der Waals surface area contributed by atoms with E-state index in [4.69, 9.17) is 14.5 Å². The van der Waals surface area contributed by atoms with Gasteiger partial charge in [0.2, 0.25) is 0 Å². The van der Waals surface area contributed by atoms with E-state index in [9.17, 15) is 14.4 Å². The Bertz CT molecular complexity index is 1650. The van der Waals surface area contributed by atoms with Crippen LogP contribution < -0.4 is 24.9 Å². The number of benzene rings is 2. The summed E-state index contributed by atoms with van der Waals surface area (Å²) in [6, 6.07) is 12.1. The third-order valence-electron chi connectivity index (χ3n) is 6.45. The van der Waals surface area contributed by atoms with Crippen molar-refractivity contribution >= 4 is 34.5 Å². The number of fused-ring (bicyclic) bond motifs is 2. The molecule has 0 fully saturated rings. The quantitative estimate of drug-likeness (QED) is 0.507. The standard InChI is InChI=1S/C28H27N3O5S/c1-5-9-19-22(27(34)36-6-2)23(16-10-7-8-11-20(16)35-4)31-26(33)24(37-28(31)30-19)21-17-14-15(3)12-13-18(17)29-25(21)32/h7-8,10-14,23H,5-6,9H2,1-4H3,(H,29,32)/b24-21-/t23-/m0/s1. The monoisotopic (exact) mass is 517 g/mol. The molecule has 2 aliphatic heterocycles. The number of anilines is 1. The summed E-state index contributed by atoms with van der Waals surface area (Å²) in [6.45, 7) is 5.87. The highest BCUT2D eigenvalue weighted by Crippen LogP contribution is 2.37. The van der Waals surface area contributed by atoms with E-state index in [-0.39, 0.29) is 17.0 Å². The zero-order chi connectivity index (χ0) is 26.3. The van der Waals surface area contributed by atoms with Gasteiger partial charge in [0.05, 0.1) is 30.6 Å². The number of ether oxygens (including phenoxy) is 2. The van der Waals surface area contributed by atoms with E-state index in [2.05, 4.69) is 5.32 Å². The van der Waals surface area contributed by atoms with E-state index in [1.165, 1.54) is 4.57 Å². The van der Waals surface area contributed by atoms with Gasteiger partial charge in [-0.15, -0.1) is 0 Å². The Morgan fingerprint density at radius 1 is 1.16 bits per heavy atom. The summed E-state index contributed by atoms with van der Waals surface area (Å²) in [5.41, 5.74) is 3.77. The second-order valence-corrected chi connectivity index (χ2v) is 9.83. The molecular formula is C28H27N3O5S. The number of nitrogens with zero attached hydrogens (tertiary/aromatic N) is 2. The van der Waals surface area contributed by atoms with E-state index in [1.807, 2.05) is 50.2 Å². The van der Waals surface area contributed by atoms with Crippen LogP contribution in [0, 0.1) is 6.92 Å². The number of para-hydroxylation sites is 1. The van der Waals surface area contributed by atoms with Crippen LogP contribution in [0.1, 0.15) is 49.4 Å². The van der Waals surface area contributed by atoms with Crippen LogP contribution in [0.2, 0.25) is 0 Å². The summed E-state index contributed by atoms with van der Waals surface area (Å²) in [7, 11) is 1.55. The second kappa shape index (κ2) is 9.82. The second-order valence-electron chi connectivity index (χ2n) is 8.85. The van der Waals surface area contributed by atoms with Gasteiger partial charge in [-0.25, -0.2) is 9.79 Å². The molecule has 0 saturated heterocycles. The lowest BCUT2D eigenvalue weighted by molar-refractivity contribution is -0.139. The number of esters is 1. The van der Waals surface area contributed by atoms with E-state index in [0.717, 1.165) is 23.3 Å². The molecule has 3 heterocycles. The number of aryl methyl sites for hydroxylation is 1. The zero-order valence-corrected chi connectivity index (χ0v) is 21.9. The molecular weight excluding hydrogens is 490 g/mol. The van der Waals surface area contributed by atoms with Crippen molar-refractivity contribution in [1.82, 2.24) is 4.57 Å². The minimum Gasteiger partial charge on any atom is -0.496 e. The number of aromatic nitrogens is 1. The van der Waals surface area contributed by atoms with Crippen molar-refractivity contribution in [3.8, 4) is 5.75 Å². The number of allylic oxidation sites excluding steroid dienone is 1. The number of carbonyl (C=O) groups excluding carboxylic acids is 2. The first-order chi connectivity index (χ1) is 17.9. The summed E-state index contributed by atoms with van der Waals surface area (Å²) in [5.74, 6) is -0.328. The zero-order valence-electron chi connectivity index (χ0n) is 21.1. The van der Waals surface area contributed by atoms with Gasteiger partial charge in [-0.05, 0) is 38.5 Å². The van der Waals surface area contributed by atoms with Crippen molar-refractivity contribution < 1.29 is 19.1 Å². The first-order valence-corrected chi connectivity index (χ1v) is 13.0. The summed E-state index contributed by atoms with van der Waals surface area (Å²) in [5, 5.41) is 2.86. The number of amides is 1. The van der Waals surface area contributed by atoms with Gasteiger partial charge in [-0.2, -0.15) is 0 Å². The number of hydrogen-bond acceptors (Lipinski definition) is 7. The molecule has 1 atom stereocenters. The fourth-order valence-electron chi connectivity index (χ4n) is 4.86. The number of carbonyl (C=O) groups is 2. The largest absolute Gasteiger partial charge is 0.496 e. The lowest BCUT2D eigenvalue weighted by Gasteiger charge is -2.26. The van der Waals surface area contributed by atoms with Gasteiger partial charge in [0.15, 0.2) is 4.80 Å². The molecule has 37 heavy (non-hydrogen) atoms. The van der Waals surface area contributed by atoms with Gasteiger partial charge in [-0.3, -0.25) is 14.2 Å². The molecule has 0 radical (unpaired) electrons. The van der Waals surface area contributed by atoms with E-state index in [1.54, 1.807) is 20.1 Å². The average molecular weight is 518 g/mol. The van der Waals surface area contributed by atoms with Crippen molar-refractivity contribution in [2.75, 3.05) is 19.0 Å². The van der Waals surface area contributed by atoms with Crippen LogP contribution in [0.25, 0.3) is 5.57 Å². The molecule has 0 spiro atoms. The lowest BCUT2D eigenvalue weighted by Crippen LogP contribution is -2.41. The summed E-state index contributed by atoms with van der Waals surface area (Å²) in [6.07, 6.45) is 1.27. The molecule has 0 bridgehead atoms. The number of nitrogens with one attached hydrogen (secondary N) is 1. The smallest absolute Gasteiger partial charge is 0.338 e. The van der Waals surface area contributed by atoms with E-state index < -0.39 is 17.6 Å². The van der Waals surface area contributed by atoms with Crippen LogP contribution in [0.5, 0.6) is 5.75 Å². The highest BCUT2D eigenvalue weighted by molar-refractivity contribution is 7.07. The number of thiazole rings is 1. The highest BCUT2D eigenvalue weighted by atomic mass is 32.1. The molecule has 0 saturated carbocycles. The van der Waals surface area contributed by atoms with Gasteiger partial charge < -0.3 is 14.8 Å². The molecule has 190 valence electrons. The third kappa shape index (κ3) is 4.09. The highest BCUT2D eigenvalue weighted by Gasteiger charge is 2.37. The van der Waals surface area contributed by atoms with Crippen molar-refractivity contribution in [3.05, 3.63) is 90.1 Å². The van der Waals surface area contributed by atoms with Gasteiger partial charge in [-0.1, -0.05) is 54.5 Å². The van der Waals surface area contributed by atoms with Gasteiger partial charge in [0.1, 0.15) is 16.3 Å². The van der Waals surface area contributed by atoms with Gasteiger partial charge in [0, 0.05) is 16.8 Å².